The molecule has 0 spiro atoms. The van der Waals surface area contributed by atoms with Crippen LogP contribution in [0.4, 0.5) is 0 Å². The molecule has 2 heterocycles. The standard InChI is InChI=1S/C19H25N5O2S/c1-14-6-3-7-16(12-14)24-15(2)21-22-19(24)27-13-17(25)20-9-5-11-23-10-4-8-18(23)26/h3,6-7,12H,4-5,8-11,13H2,1-2H3,(H,20,25). The fourth-order valence-corrected chi connectivity index (χ4v) is 3.95. The van der Waals surface area contributed by atoms with Crippen molar-refractivity contribution >= 4 is 23.6 Å². The first-order valence-corrected chi connectivity index (χ1v) is 10.2. The Morgan fingerprint density at radius 1 is 1.30 bits per heavy atom. The van der Waals surface area contributed by atoms with Crippen LogP contribution in [0.1, 0.15) is 30.7 Å². The summed E-state index contributed by atoms with van der Waals surface area (Å²) in [6, 6.07) is 8.11. The van der Waals surface area contributed by atoms with Crippen molar-refractivity contribution in [2.45, 2.75) is 38.3 Å². The number of amides is 2. The van der Waals surface area contributed by atoms with Crippen molar-refractivity contribution in [3.63, 3.8) is 0 Å². The topological polar surface area (TPSA) is 80.1 Å². The molecule has 0 unspecified atom stereocenters. The minimum absolute atomic E-state index is 0.0378. The van der Waals surface area contributed by atoms with Crippen molar-refractivity contribution in [1.29, 1.82) is 0 Å². The Kier molecular flexibility index (Phi) is 6.49. The summed E-state index contributed by atoms with van der Waals surface area (Å²) in [5.74, 6) is 1.26. The number of hydrogen-bond donors (Lipinski definition) is 1. The molecule has 0 atom stereocenters. The van der Waals surface area contributed by atoms with E-state index in [0.717, 1.165) is 36.5 Å². The predicted octanol–water partition coefficient (Wildman–Crippen LogP) is 2.10. The van der Waals surface area contributed by atoms with Crippen molar-refractivity contribution in [1.82, 2.24) is 25.0 Å². The summed E-state index contributed by atoms with van der Waals surface area (Å²) in [5, 5.41) is 12.0. The molecule has 0 aliphatic carbocycles. The van der Waals surface area contributed by atoms with Crippen LogP contribution in [-0.2, 0) is 9.59 Å². The number of hydrogen-bond acceptors (Lipinski definition) is 5. The molecule has 1 aliphatic heterocycles. The first-order chi connectivity index (χ1) is 13.0. The third-order valence-corrected chi connectivity index (χ3v) is 5.41. The lowest BCUT2D eigenvalue weighted by Gasteiger charge is -2.15. The summed E-state index contributed by atoms with van der Waals surface area (Å²) in [6.07, 6.45) is 2.38. The Morgan fingerprint density at radius 3 is 2.89 bits per heavy atom. The maximum atomic E-state index is 12.1. The normalized spacial score (nSPS) is 14.0. The first-order valence-electron chi connectivity index (χ1n) is 9.21. The van der Waals surface area contributed by atoms with Crippen LogP contribution in [0.15, 0.2) is 29.4 Å². The highest BCUT2D eigenvalue weighted by Crippen LogP contribution is 2.22. The van der Waals surface area contributed by atoms with Gasteiger partial charge >= 0.3 is 0 Å². The van der Waals surface area contributed by atoms with E-state index >= 15 is 0 Å². The molecule has 2 amide bonds. The molecular formula is C19H25N5O2S. The summed E-state index contributed by atoms with van der Waals surface area (Å²) in [6.45, 7) is 6.08. The van der Waals surface area contributed by atoms with Gasteiger partial charge in [-0.15, -0.1) is 10.2 Å². The molecule has 0 saturated carbocycles. The average Bonchev–Trinajstić information content (AvgIpc) is 3.22. The minimum Gasteiger partial charge on any atom is -0.355 e. The lowest BCUT2D eigenvalue weighted by atomic mass is 10.2. The highest BCUT2D eigenvalue weighted by atomic mass is 32.2. The molecule has 8 heteroatoms. The van der Waals surface area contributed by atoms with Crippen molar-refractivity contribution in [3.05, 3.63) is 35.7 Å². The zero-order valence-electron chi connectivity index (χ0n) is 15.8. The largest absolute Gasteiger partial charge is 0.355 e. The quantitative estimate of drug-likeness (QED) is 0.554. The molecule has 0 bridgehead atoms. The number of likely N-dealkylation sites (tertiary alicyclic amines) is 1. The number of nitrogens with zero attached hydrogens (tertiary/aromatic N) is 4. The van der Waals surface area contributed by atoms with Gasteiger partial charge in [0.1, 0.15) is 5.82 Å². The zero-order valence-corrected chi connectivity index (χ0v) is 16.6. The molecule has 27 heavy (non-hydrogen) atoms. The van der Waals surface area contributed by atoms with Crippen LogP contribution in [0, 0.1) is 13.8 Å². The summed E-state index contributed by atoms with van der Waals surface area (Å²) >= 11 is 1.37. The molecule has 1 saturated heterocycles. The maximum Gasteiger partial charge on any atom is 0.230 e. The molecule has 7 nitrogen and oxygen atoms in total. The van der Waals surface area contributed by atoms with Crippen molar-refractivity contribution < 1.29 is 9.59 Å². The van der Waals surface area contributed by atoms with Gasteiger partial charge in [0, 0.05) is 31.7 Å². The van der Waals surface area contributed by atoms with E-state index in [0.29, 0.717) is 24.7 Å². The van der Waals surface area contributed by atoms with E-state index in [1.54, 1.807) is 0 Å². The summed E-state index contributed by atoms with van der Waals surface area (Å²) in [4.78, 5) is 25.5. The van der Waals surface area contributed by atoms with Gasteiger partial charge in [-0.05, 0) is 44.4 Å². The number of aromatic nitrogens is 3. The number of nitrogens with one attached hydrogen (secondary N) is 1. The monoisotopic (exact) mass is 387 g/mol. The molecule has 2 aromatic rings. The molecule has 1 fully saturated rings. The second kappa shape index (κ2) is 9.03. The summed E-state index contributed by atoms with van der Waals surface area (Å²) in [5.41, 5.74) is 2.15. The van der Waals surface area contributed by atoms with Crippen molar-refractivity contribution in [3.8, 4) is 5.69 Å². The molecular weight excluding hydrogens is 362 g/mol. The number of carbonyl (C=O) groups excluding carboxylic acids is 2. The highest BCUT2D eigenvalue weighted by Gasteiger charge is 2.19. The number of carbonyl (C=O) groups is 2. The van der Waals surface area contributed by atoms with Crippen molar-refractivity contribution in [2.24, 2.45) is 0 Å². The molecule has 1 aromatic heterocycles. The van der Waals surface area contributed by atoms with Crippen molar-refractivity contribution in [2.75, 3.05) is 25.4 Å². The molecule has 1 aliphatic rings. The van der Waals surface area contributed by atoms with Gasteiger partial charge in [0.05, 0.1) is 5.75 Å². The lowest BCUT2D eigenvalue weighted by Crippen LogP contribution is -2.31. The number of thioether (sulfide) groups is 1. The van der Waals surface area contributed by atoms with Gasteiger partial charge < -0.3 is 10.2 Å². The maximum absolute atomic E-state index is 12.1. The van der Waals surface area contributed by atoms with E-state index < -0.39 is 0 Å². The number of benzene rings is 1. The zero-order chi connectivity index (χ0) is 19.2. The summed E-state index contributed by atoms with van der Waals surface area (Å²) < 4.78 is 1.96. The number of aryl methyl sites for hydroxylation is 2. The van der Waals surface area contributed by atoms with E-state index in [4.69, 9.17) is 0 Å². The average molecular weight is 388 g/mol. The molecule has 0 radical (unpaired) electrons. The Morgan fingerprint density at radius 2 is 2.15 bits per heavy atom. The fourth-order valence-electron chi connectivity index (χ4n) is 3.12. The molecule has 144 valence electrons. The fraction of sp³-hybridized carbons (Fsp3) is 0.474. The Hall–Kier alpha value is -2.35. The molecule has 3 rings (SSSR count). The van der Waals surface area contributed by atoms with Gasteiger partial charge in [0.15, 0.2) is 5.16 Å². The smallest absolute Gasteiger partial charge is 0.230 e. The summed E-state index contributed by atoms with van der Waals surface area (Å²) in [7, 11) is 0. The van der Waals surface area contributed by atoms with Crippen LogP contribution in [0.3, 0.4) is 0 Å². The molecule has 1 N–H and O–H groups in total. The van der Waals surface area contributed by atoms with Gasteiger partial charge in [0.25, 0.3) is 0 Å². The van der Waals surface area contributed by atoms with E-state index in [-0.39, 0.29) is 17.6 Å². The third-order valence-electron chi connectivity index (χ3n) is 4.49. The number of rotatable bonds is 8. The van der Waals surface area contributed by atoms with Crippen LogP contribution in [0.2, 0.25) is 0 Å². The van der Waals surface area contributed by atoms with Crippen LogP contribution in [-0.4, -0.2) is 56.9 Å². The van der Waals surface area contributed by atoms with Gasteiger partial charge in [-0.25, -0.2) is 0 Å². The van der Waals surface area contributed by atoms with E-state index in [2.05, 4.69) is 21.6 Å². The molecule has 1 aromatic carbocycles. The first kappa shape index (κ1) is 19.4. The highest BCUT2D eigenvalue weighted by molar-refractivity contribution is 7.99. The van der Waals surface area contributed by atoms with Gasteiger partial charge in [0.2, 0.25) is 11.8 Å². The third kappa shape index (κ3) is 5.09. The minimum atomic E-state index is -0.0378. The van der Waals surface area contributed by atoms with Gasteiger partial charge in [-0.1, -0.05) is 23.9 Å². The van der Waals surface area contributed by atoms with Crippen LogP contribution >= 0.6 is 11.8 Å². The van der Waals surface area contributed by atoms with Crippen LogP contribution in [0.25, 0.3) is 5.69 Å². The lowest BCUT2D eigenvalue weighted by molar-refractivity contribution is -0.127. The SMILES string of the molecule is Cc1cccc(-n2c(C)nnc2SCC(=O)NCCCN2CCCC2=O)c1. The van der Waals surface area contributed by atoms with E-state index in [1.807, 2.05) is 41.5 Å². The van der Waals surface area contributed by atoms with Gasteiger partial charge in [-0.2, -0.15) is 0 Å². The van der Waals surface area contributed by atoms with E-state index in [1.165, 1.54) is 11.8 Å². The Balaban J connectivity index is 1.47. The van der Waals surface area contributed by atoms with Gasteiger partial charge in [-0.3, -0.25) is 14.2 Å². The Labute approximate surface area is 163 Å². The predicted molar refractivity (Wildman–Crippen MR) is 105 cm³/mol. The second-order valence-electron chi connectivity index (χ2n) is 6.68. The second-order valence-corrected chi connectivity index (χ2v) is 7.62. The van der Waals surface area contributed by atoms with Crippen LogP contribution in [0.5, 0.6) is 0 Å². The van der Waals surface area contributed by atoms with Crippen LogP contribution < -0.4 is 5.32 Å². The van der Waals surface area contributed by atoms with E-state index in [9.17, 15) is 9.59 Å². The Bertz CT molecular complexity index is 820.